The normalized spacial score (nSPS) is 15.6. The van der Waals surface area contributed by atoms with E-state index < -0.39 is 0 Å². The molecule has 1 heterocycles. The Hall–Kier alpha value is -1.51. The number of nitrogens with zero attached hydrogens (tertiary/aromatic N) is 1. The molecule has 0 bridgehead atoms. The van der Waals surface area contributed by atoms with Gasteiger partial charge in [0.05, 0.1) is 6.42 Å². The van der Waals surface area contributed by atoms with Gasteiger partial charge in [0, 0.05) is 18.8 Å². The molecule has 0 atom stereocenters. The molecule has 0 spiro atoms. The van der Waals surface area contributed by atoms with Crippen LogP contribution in [0.1, 0.15) is 18.4 Å². The molecule has 15 heavy (non-hydrogen) atoms. The summed E-state index contributed by atoms with van der Waals surface area (Å²) in [5.74, 6) is 0.234. The van der Waals surface area contributed by atoms with E-state index in [1.807, 2.05) is 29.2 Å². The number of rotatable bonds is 2. The third-order valence-corrected chi connectivity index (χ3v) is 2.79. The number of benzene rings is 1. The SMILES string of the molecule is Nc1ccc(CC(=O)N2CCCC2)cc1. The molecular formula is C12H16N2O. The third-order valence-electron chi connectivity index (χ3n) is 2.79. The van der Waals surface area contributed by atoms with Gasteiger partial charge in [-0.2, -0.15) is 0 Å². The summed E-state index contributed by atoms with van der Waals surface area (Å²) in [5.41, 5.74) is 7.37. The molecule has 0 unspecified atom stereocenters. The lowest BCUT2D eigenvalue weighted by molar-refractivity contribution is -0.129. The molecule has 1 aliphatic heterocycles. The lowest BCUT2D eigenvalue weighted by Crippen LogP contribution is -2.29. The molecule has 1 fully saturated rings. The van der Waals surface area contributed by atoms with Gasteiger partial charge in [-0.3, -0.25) is 4.79 Å². The third kappa shape index (κ3) is 2.49. The van der Waals surface area contributed by atoms with Crippen LogP contribution in [0, 0.1) is 0 Å². The maximum Gasteiger partial charge on any atom is 0.226 e. The average molecular weight is 204 g/mol. The van der Waals surface area contributed by atoms with Crippen LogP contribution in [0.2, 0.25) is 0 Å². The molecule has 1 aliphatic rings. The van der Waals surface area contributed by atoms with Gasteiger partial charge >= 0.3 is 0 Å². The number of anilines is 1. The fourth-order valence-electron chi connectivity index (χ4n) is 1.89. The second-order valence-corrected chi connectivity index (χ2v) is 4.01. The summed E-state index contributed by atoms with van der Waals surface area (Å²) in [6.45, 7) is 1.85. The zero-order valence-electron chi connectivity index (χ0n) is 8.78. The van der Waals surface area contributed by atoms with Gasteiger partial charge in [0.2, 0.25) is 5.91 Å². The van der Waals surface area contributed by atoms with E-state index in [2.05, 4.69) is 0 Å². The summed E-state index contributed by atoms with van der Waals surface area (Å²) in [6.07, 6.45) is 2.79. The van der Waals surface area contributed by atoms with Crippen LogP contribution in [0.15, 0.2) is 24.3 Å². The van der Waals surface area contributed by atoms with Crippen molar-refractivity contribution in [2.24, 2.45) is 0 Å². The molecule has 0 radical (unpaired) electrons. The van der Waals surface area contributed by atoms with E-state index in [-0.39, 0.29) is 5.91 Å². The smallest absolute Gasteiger partial charge is 0.226 e. The van der Waals surface area contributed by atoms with Crippen LogP contribution in [-0.4, -0.2) is 23.9 Å². The Morgan fingerprint density at radius 3 is 2.40 bits per heavy atom. The quantitative estimate of drug-likeness (QED) is 0.741. The molecule has 80 valence electrons. The number of carbonyl (C=O) groups excluding carboxylic acids is 1. The van der Waals surface area contributed by atoms with Crippen LogP contribution in [0.4, 0.5) is 5.69 Å². The molecule has 2 N–H and O–H groups in total. The molecule has 0 aromatic heterocycles. The largest absolute Gasteiger partial charge is 0.399 e. The first-order chi connectivity index (χ1) is 7.25. The van der Waals surface area contributed by atoms with Crippen molar-refractivity contribution in [1.82, 2.24) is 4.90 Å². The highest BCUT2D eigenvalue weighted by Crippen LogP contribution is 2.11. The number of hydrogen-bond acceptors (Lipinski definition) is 2. The first-order valence-electron chi connectivity index (χ1n) is 5.38. The van der Waals surface area contributed by atoms with Crippen molar-refractivity contribution in [3.05, 3.63) is 29.8 Å². The summed E-state index contributed by atoms with van der Waals surface area (Å²) in [7, 11) is 0. The Morgan fingerprint density at radius 2 is 1.80 bits per heavy atom. The molecule has 0 saturated carbocycles. The molecule has 1 saturated heterocycles. The molecule has 1 amide bonds. The van der Waals surface area contributed by atoms with Crippen molar-refractivity contribution in [3.63, 3.8) is 0 Å². The lowest BCUT2D eigenvalue weighted by Gasteiger charge is -2.14. The van der Waals surface area contributed by atoms with E-state index in [9.17, 15) is 4.79 Å². The highest BCUT2D eigenvalue weighted by atomic mass is 16.2. The van der Waals surface area contributed by atoms with Crippen LogP contribution in [0.3, 0.4) is 0 Å². The number of nitrogen functional groups attached to an aromatic ring is 1. The lowest BCUT2D eigenvalue weighted by atomic mass is 10.1. The average Bonchev–Trinajstić information content (AvgIpc) is 2.74. The van der Waals surface area contributed by atoms with Gasteiger partial charge in [-0.15, -0.1) is 0 Å². The van der Waals surface area contributed by atoms with Crippen molar-refractivity contribution in [2.45, 2.75) is 19.3 Å². The Bertz CT molecular complexity index is 339. The second-order valence-electron chi connectivity index (χ2n) is 4.01. The van der Waals surface area contributed by atoms with Crippen LogP contribution in [0.5, 0.6) is 0 Å². The minimum absolute atomic E-state index is 0.234. The van der Waals surface area contributed by atoms with Crippen LogP contribution in [0.25, 0.3) is 0 Å². The Labute approximate surface area is 89.9 Å². The van der Waals surface area contributed by atoms with E-state index in [1.165, 1.54) is 0 Å². The minimum atomic E-state index is 0.234. The first-order valence-corrected chi connectivity index (χ1v) is 5.38. The Morgan fingerprint density at radius 1 is 1.20 bits per heavy atom. The van der Waals surface area contributed by atoms with E-state index in [0.717, 1.165) is 37.2 Å². The van der Waals surface area contributed by atoms with Crippen molar-refractivity contribution < 1.29 is 4.79 Å². The minimum Gasteiger partial charge on any atom is -0.399 e. The van der Waals surface area contributed by atoms with Crippen molar-refractivity contribution >= 4 is 11.6 Å². The van der Waals surface area contributed by atoms with Gasteiger partial charge in [0.15, 0.2) is 0 Å². The molecule has 3 heteroatoms. The summed E-state index contributed by atoms with van der Waals surface area (Å²) in [4.78, 5) is 13.7. The van der Waals surface area contributed by atoms with Gasteiger partial charge in [-0.25, -0.2) is 0 Å². The molecular weight excluding hydrogens is 188 g/mol. The summed E-state index contributed by atoms with van der Waals surface area (Å²) >= 11 is 0. The highest BCUT2D eigenvalue weighted by molar-refractivity contribution is 5.79. The monoisotopic (exact) mass is 204 g/mol. The fourth-order valence-corrected chi connectivity index (χ4v) is 1.89. The number of carbonyl (C=O) groups is 1. The predicted molar refractivity (Wildman–Crippen MR) is 60.4 cm³/mol. The first kappa shape index (κ1) is 10.0. The van der Waals surface area contributed by atoms with Crippen molar-refractivity contribution in [2.75, 3.05) is 18.8 Å². The van der Waals surface area contributed by atoms with Gasteiger partial charge in [0.1, 0.15) is 0 Å². The van der Waals surface area contributed by atoms with E-state index in [0.29, 0.717) is 6.42 Å². The van der Waals surface area contributed by atoms with Crippen molar-refractivity contribution in [3.8, 4) is 0 Å². The van der Waals surface area contributed by atoms with Gasteiger partial charge < -0.3 is 10.6 Å². The van der Waals surface area contributed by atoms with E-state index >= 15 is 0 Å². The van der Waals surface area contributed by atoms with E-state index in [4.69, 9.17) is 5.73 Å². The summed E-state index contributed by atoms with van der Waals surface area (Å²) < 4.78 is 0. The summed E-state index contributed by atoms with van der Waals surface area (Å²) in [6, 6.07) is 7.52. The standard InChI is InChI=1S/C12H16N2O/c13-11-5-3-10(4-6-11)9-12(15)14-7-1-2-8-14/h3-6H,1-2,7-9,13H2. The zero-order valence-corrected chi connectivity index (χ0v) is 8.78. The fraction of sp³-hybridized carbons (Fsp3) is 0.417. The summed E-state index contributed by atoms with van der Waals surface area (Å²) in [5, 5.41) is 0. The number of likely N-dealkylation sites (tertiary alicyclic amines) is 1. The second kappa shape index (κ2) is 4.34. The van der Waals surface area contributed by atoms with Crippen molar-refractivity contribution in [1.29, 1.82) is 0 Å². The Balaban J connectivity index is 1.96. The van der Waals surface area contributed by atoms with Crippen LogP contribution in [-0.2, 0) is 11.2 Å². The van der Waals surface area contributed by atoms with Gasteiger partial charge in [0.25, 0.3) is 0 Å². The zero-order chi connectivity index (χ0) is 10.7. The maximum absolute atomic E-state index is 11.8. The molecule has 1 aromatic rings. The number of nitrogens with two attached hydrogens (primary N) is 1. The highest BCUT2D eigenvalue weighted by Gasteiger charge is 2.17. The maximum atomic E-state index is 11.8. The Kier molecular flexibility index (Phi) is 2.90. The topological polar surface area (TPSA) is 46.3 Å². The predicted octanol–water partition coefficient (Wildman–Crippen LogP) is 1.43. The molecule has 1 aromatic carbocycles. The number of amides is 1. The molecule has 3 nitrogen and oxygen atoms in total. The molecule has 2 rings (SSSR count). The molecule has 0 aliphatic carbocycles. The number of hydrogen-bond donors (Lipinski definition) is 1. The van der Waals surface area contributed by atoms with E-state index in [1.54, 1.807) is 0 Å². The van der Waals surface area contributed by atoms with Crippen LogP contribution >= 0.6 is 0 Å². The van der Waals surface area contributed by atoms with Gasteiger partial charge in [-0.05, 0) is 30.5 Å². The van der Waals surface area contributed by atoms with Crippen LogP contribution < -0.4 is 5.73 Å². The van der Waals surface area contributed by atoms with Gasteiger partial charge in [-0.1, -0.05) is 12.1 Å².